The lowest BCUT2D eigenvalue weighted by molar-refractivity contribution is -0.143. The zero-order chi connectivity index (χ0) is 16.0. The van der Waals surface area contributed by atoms with Gasteiger partial charge in [0.2, 0.25) is 0 Å². The van der Waals surface area contributed by atoms with Crippen LogP contribution < -0.4 is 9.64 Å². The van der Waals surface area contributed by atoms with Crippen molar-refractivity contribution >= 4 is 11.7 Å². The van der Waals surface area contributed by atoms with Gasteiger partial charge in [-0.05, 0) is 31.0 Å². The van der Waals surface area contributed by atoms with Crippen molar-refractivity contribution in [3.63, 3.8) is 0 Å². The smallest absolute Gasteiger partial charge is 0.308 e. The molecular formula is C18H16FNO3. The third kappa shape index (κ3) is 2.23. The minimum atomic E-state index is -0.825. The standard InChI is InChI=1S/C18H16FNO3/c19-11-7-8-16-14(10-11)20-9-3-5-13(18(21)22)17(20)12-4-1-2-6-15(12)23-16/h1-2,4,6-8,10,13,17H,3,5,9H2,(H,21,22)/t13-,17+/m1/s1. The van der Waals surface area contributed by atoms with E-state index in [1.165, 1.54) is 12.1 Å². The van der Waals surface area contributed by atoms with Gasteiger partial charge in [-0.3, -0.25) is 4.79 Å². The Labute approximate surface area is 133 Å². The molecule has 1 saturated heterocycles. The van der Waals surface area contributed by atoms with Crippen LogP contribution in [0.3, 0.4) is 0 Å². The number of carbonyl (C=O) groups is 1. The molecule has 2 aliphatic rings. The van der Waals surface area contributed by atoms with Gasteiger partial charge < -0.3 is 14.7 Å². The molecule has 0 aromatic heterocycles. The highest BCUT2D eigenvalue weighted by Crippen LogP contribution is 2.49. The van der Waals surface area contributed by atoms with E-state index in [1.807, 2.05) is 29.2 Å². The number of anilines is 1. The molecule has 5 heteroatoms. The second-order valence-electron chi connectivity index (χ2n) is 5.98. The van der Waals surface area contributed by atoms with Gasteiger partial charge in [-0.15, -0.1) is 0 Å². The first kappa shape index (κ1) is 14.1. The Kier molecular flexibility index (Phi) is 3.22. The van der Waals surface area contributed by atoms with E-state index in [4.69, 9.17) is 4.74 Å². The molecule has 2 aliphatic heterocycles. The van der Waals surface area contributed by atoms with Gasteiger partial charge in [0.25, 0.3) is 0 Å². The molecule has 1 fully saturated rings. The molecule has 2 heterocycles. The first-order chi connectivity index (χ1) is 11.1. The summed E-state index contributed by atoms with van der Waals surface area (Å²) in [4.78, 5) is 13.7. The third-order valence-electron chi connectivity index (χ3n) is 4.64. The molecule has 0 saturated carbocycles. The van der Waals surface area contributed by atoms with E-state index < -0.39 is 11.9 Å². The number of carboxylic acids is 1. The number of para-hydroxylation sites is 1. The first-order valence-corrected chi connectivity index (χ1v) is 7.71. The fraction of sp³-hybridized carbons (Fsp3) is 0.278. The first-order valence-electron chi connectivity index (χ1n) is 7.71. The molecule has 2 aromatic carbocycles. The SMILES string of the molecule is O=C(O)[C@@H]1CCCN2c3cc(F)ccc3Oc3ccccc3[C@@H]12. The molecular weight excluding hydrogens is 297 g/mol. The van der Waals surface area contributed by atoms with Crippen molar-refractivity contribution in [3.05, 3.63) is 53.8 Å². The number of ether oxygens (including phenoxy) is 1. The number of fused-ring (bicyclic) bond motifs is 5. The molecule has 1 N–H and O–H groups in total. The Morgan fingerprint density at radius 3 is 2.87 bits per heavy atom. The molecule has 23 heavy (non-hydrogen) atoms. The minimum Gasteiger partial charge on any atom is -0.481 e. The second-order valence-corrected chi connectivity index (χ2v) is 5.98. The largest absolute Gasteiger partial charge is 0.481 e. The molecule has 0 unspecified atom stereocenters. The van der Waals surface area contributed by atoms with Gasteiger partial charge in [0.15, 0.2) is 5.75 Å². The number of nitrogens with zero attached hydrogens (tertiary/aromatic N) is 1. The minimum absolute atomic E-state index is 0.347. The third-order valence-corrected chi connectivity index (χ3v) is 4.64. The van der Waals surface area contributed by atoms with Crippen LogP contribution in [-0.2, 0) is 4.79 Å². The predicted octanol–water partition coefficient (Wildman–Crippen LogP) is 3.97. The van der Waals surface area contributed by atoms with Crippen molar-refractivity contribution in [2.24, 2.45) is 5.92 Å². The summed E-state index contributed by atoms with van der Waals surface area (Å²) in [5.74, 6) is -0.514. The quantitative estimate of drug-likeness (QED) is 0.865. The van der Waals surface area contributed by atoms with Gasteiger partial charge in [-0.1, -0.05) is 18.2 Å². The molecule has 4 nitrogen and oxygen atoms in total. The van der Waals surface area contributed by atoms with Gasteiger partial charge in [0.1, 0.15) is 11.6 Å². The molecule has 0 bridgehead atoms. The zero-order valence-corrected chi connectivity index (χ0v) is 12.4. The van der Waals surface area contributed by atoms with E-state index >= 15 is 0 Å². The maximum atomic E-state index is 13.8. The number of aliphatic carboxylic acids is 1. The topological polar surface area (TPSA) is 49.8 Å². The monoisotopic (exact) mass is 313 g/mol. The van der Waals surface area contributed by atoms with Crippen LogP contribution in [0.1, 0.15) is 24.4 Å². The summed E-state index contributed by atoms with van der Waals surface area (Å²) in [7, 11) is 0. The van der Waals surface area contributed by atoms with E-state index in [0.29, 0.717) is 30.2 Å². The fourth-order valence-corrected chi connectivity index (χ4v) is 3.65. The maximum Gasteiger partial charge on any atom is 0.308 e. The molecule has 0 radical (unpaired) electrons. The Morgan fingerprint density at radius 1 is 1.22 bits per heavy atom. The average Bonchev–Trinajstić information content (AvgIpc) is 2.69. The van der Waals surface area contributed by atoms with Crippen LogP contribution in [0, 0.1) is 11.7 Å². The summed E-state index contributed by atoms with van der Waals surface area (Å²) in [5, 5.41) is 9.66. The lowest BCUT2D eigenvalue weighted by Crippen LogP contribution is -2.41. The number of halogens is 1. The molecule has 4 rings (SSSR count). The summed E-state index contributed by atoms with van der Waals surface area (Å²) in [6.45, 7) is 0.683. The highest BCUT2D eigenvalue weighted by molar-refractivity contribution is 5.75. The van der Waals surface area contributed by atoms with Gasteiger partial charge in [-0.2, -0.15) is 0 Å². The van der Waals surface area contributed by atoms with Crippen LogP contribution in [0.15, 0.2) is 42.5 Å². The Balaban J connectivity index is 1.95. The van der Waals surface area contributed by atoms with Gasteiger partial charge in [0.05, 0.1) is 17.6 Å². The number of piperidine rings is 1. The van der Waals surface area contributed by atoms with E-state index in [9.17, 15) is 14.3 Å². The van der Waals surface area contributed by atoms with Crippen LogP contribution in [0.25, 0.3) is 0 Å². The van der Waals surface area contributed by atoms with Gasteiger partial charge in [0, 0.05) is 18.2 Å². The summed E-state index contributed by atoms with van der Waals surface area (Å²) >= 11 is 0. The summed E-state index contributed by atoms with van der Waals surface area (Å²) in [6, 6.07) is 11.5. The number of benzene rings is 2. The van der Waals surface area contributed by atoms with Crippen molar-refractivity contribution in [1.82, 2.24) is 0 Å². The van der Waals surface area contributed by atoms with Crippen molar-refractivity contribution in [2.75, 3.05) is 11.4 Å². The predicted molar refractivity (Wildman–Crippen MR) is 83.4 cm³/mol. The molecule has 0 amide bonds. The van der Waals surface area contributed by atoms with E-state index in [2.05, 4.69) is 0 Å². The molecule has 0 aliphatic carbocycles. The van der Waals surface area contributed by atoms with Crippen LogP contribution in [0.4, 0.5) is 10.1 Å². The fourth-order valence-electron chi connectivity index (χ4n) is 3.65. The van der Waals surface area contributed by atoms with Gasteiger partial charge >= 0.3 is 5.97 Å². The maximum absolute atomic E-state index is 13.8. The average molecular weight is 313 g/mol. The number of hydrogen-bond donors (Lipinski definition) is 1. The van der Waals surface area contributed by atoms with Crippen molar-refractivity contribution in [3.8, 4) is 11.5 Å². The zero-order valence-electron chi connectivity index (χ0n) is 12.4. The normalized spacial score (nSPS) is 22.2. The highest BCUT2D eigenvalue weighted by atomic mass is 19.1. The summed E-state index contributed by atoms with van der Waals surface area (Å²) in [5.41, 5.74) is 1.47. The highest BCUT2D eigenvalue weighted by Gasteiger charge is 2.41. The Bertz CT molecular complexity index is 777. The molecule has 0 spiro atoms. The Hall–Kier alpha value is -2.56. The van der Waals surface area contributed by atoms with E-state index in [-0.39, 0.29) is 11.9 Å². The van der Waals surface area contributed by atoms with Crippen molar-refractivity contribution < 1.29 is 19.0 Å². The summed E-state index contributed by atoms with van der Waals surface area (Å²) < 4.78 is 19.7. The van der Waals surface area contributed by atoms with Crippen molar-refractivity contribution in [2.45, 2.75) is 18.9 Å². The van der Waals surface area contributed by atoms with Crippen LogP contribution in [0.5, 0.6) is 11.5 Å². The lowest BCUT2D eigenvalue weighted by atomic mass is 9.84. The van der Waals surface area contributed by atoms with E-state index in [0.717, 1.165) is 12.0 Å². The van der Waals surface area contributed by atoms with E-state index in [1.54, 1.807) is 6.07 Å². The molecule has 118 valence electrons. The van der Waals surface area contributed by atoms with Crippen LogP contribution in [0.2, 0.25) is 0 Å². The number of rotatable bonds is 1. The lowest BCUT2D eigenvalue weighted by Gasteiger charge is -2.40. The Morgan fingerprint density at radius 2 is 2.04 bits per heavy atom. The number of hydrogen-bond acceptors (Lipinski definition) is 3. The number of carboxylic acid groups (broad SMARTS) is 1. The van der Waals surface area contributed by atoms with Gasteiger partial charge in [-0.25, -0.2) is 4.39 Å². The second kappa shape index (κ2) is 5.26. The van der Waals surface area contributed by atoms with Crippen LogP contribution >= 0.6 is 0 Å². The summed E-state index contributed by atoms with van der Waals surface area (Å²) in [6.07, 6.45) is 1.36. The van der Waals surface area contributed by atoms with Crippen molar-refractivity contribution in [1.29, 1.82) is 0 Å². The van der Waals surface area contributed by atoms with Crippen LogP contribution in [-0.4, -0.2) is 17.6 Å². The molecule has 2 aromatic rings. The molecule has 2 atom stereocenters.